The minimum absolute atomic E-state index is 0.761. The number of piperidine rings is 1. The van der Waals surface area contributed by atoms with Crippen molar-refractivity contribution in [2.24, 2.45) is 0 Å². The van der Waals surface area contributed by atoms with Gasteiger partial charge in [-0.3, -0.25) is 0 Å². The zero-order chi connectivity index (χ0) is 11.8. The van der Waals surface area contributed by atoms with Crippen LogP contribution in [-0.2, 0) is 0 Å². The van der Waals surface area contributed by atoms with Gasteiger partial charge in [0.15, 0.2) is 0 Å². The Labute approximate surface area is 101 Å². The summed E-state index contributed by atoms with van der Waals surface area (Å²) in [6.45, 7) is 11.8. The molecule has 0 aromatic heterocycles. The molecule has 1 aliphatic heterocycles. The van der Waals surface area contributed by atoms with Gasteiger partial charge in [0.25, 0.3) is 0 Å². The number of rotatable bonds is 7. The molecule has 1 saturated heterocycles. The van der Waals surface area contributed by atoms with Crippen LogP contribution in [0.2, 0.25) is 0 Å². The first-order valence-corrected chi connectivity index (χ1v) is 6.90. The lowest BCUT2D eigenvalue weighted by molar-refractivity contribution is 0.224. The monoisotopic (exact) mass is 227 g/mol. The first kappa shape index (κ1) is 13.9. The van der Waals surface area contributed by atoms with Crippen molar-refractivity contribution in [2.45, 2.75) is 39.2 Å². The van der Waals surface area contributed by atoms with Gasteiger partial charge in [-0.1, -0.05) is 13.8 Å². The number of hydrogen-bond donors (Lipinski definition) is 1. The molecule has 1 aliphatic rings. The highest BCUT2D eigenvalue weighted by Crippen LogP contribution is 2.07. The third-order valence-corrected chi connectivity index (χ3v) is 3.57. The van der Waals surface area contributed by atoms with Gasteiger partial charge < -0.3 is 15.1 Å². The molecule has 0 unspecified atom stereocenters. The largest absolute Gasteiger partial charge is 0.313 e. The quantitative estimate of drug-likeness (QED) is 0.709. The molecule has 96 valence electrons. The van der Waals surface area contributed by atoms with Gasteiger partial charge in [0.2, 0.25) is 0 Å². The predicted molar refractivity (Wildman–Crippen MR) is 70.9 cm³/mol. The SMILES string of the molecule is CCCN(CC)CCNC1CCN(C)CC1. The third-order valence-electron chi connectivity index (χ3n) is 3.57. The molecule has 16 heavy (non-hydrogen) atoms. The third kappa shape index (κ3) is 5.28. The zero-order valence-corrected chi connectivity index (χ0v) is 11.3. The van der Waals surface area contributed by atoms with Gasteiger partial charge in [0, 0.05) is 19.1 Å². The molecule has 0 saturated carbocycles. The number of likely N-dealkylation sites (tertiary alicyclic amines) is 1. The molecule has 0 bridgehead atoms. The minimum Gasteiger partial charge on any atom is -0.313 e. The van der Waals surface area contributed by atoms with Crippen LogP contribution in [0.1, 0.15) is 33.1 Å². The van der Waals surface area contributed by atoms with Gasteiger partial charge >= 0.3 is 0 Å². The fourth-order valence-electron chi connectivity index (χ4n) is 2.38. The highest BCUT2D eigenvalue weighted by atomic mass is 15.1. The minimum atomic E-state index is 0.761. The first-order chi connectivity index (χ1) is 7.76. The summed E-state index contributed by atoms with van der Waals surface area (Å²) in [6, 6.07) is 0.761. The highest BCUT2D eigenvalue weighted by molar-refractivity contribution is 4.75. The van der Waals surface area contributed by atoms with E-state index in [4.69, 9.17) is 0 Å². The van der Waals surface area contributed by atoms with Gasteiger partial charge in [-0.15, -0.1) is 0 Å². The summed E-state index contributed by atoms with van der Waals surface area (Å²) in [7, 11) is 2.22. The molecule has 0 aromatic carbocycles. The van der Waals surface area contributed by atoms with E-state index in [1.807, 2.05) is 0 Å². The lowest BCUT2D eigenvalue weighted by Gasteiger charge is -2.30. The van der Waals surface area contributed by atoms with Crippen LogP contribution in [0.15, 0.2) is 0 Å². The van der Waals surface area contributed by atoms with Crippen molar-refractivity contribution in [3.8, 4) is 0 Å². The van der Waals surface area contributed by atoms with E-state index in [9.17, 15) is 0 Å². The molecule has 0 aliphatic carbocycles. The molecule has 1 rings (SSSR count). The standard InChI is InChI=1S/C13H29N3/c1-4-9-16(5-2)12-8-14-13-6-10-15(3)11-7-13/h13-14H,4-12H2,1-3H3. The fourth-order valence-corrected chi connectivity index (χ4v) is 2.38. The van der Waals surface area contributed by atoms with Gasteiger partial charge in [-0.2, -0.15) is 0 Å². The topological polar surface area (TPSA) is 18.5 Å². The van der Waals surface area contributed by atoms with Crippen LogP contribution in [-0.4, -0.2) is 62.2 Å². The van der Waals surface area contributed by atoms with Crippen LogP contribution in [0, 0.1) is 0 Å². The Balaban J connectivity index is 2.05. The average Bonchev–Trinajstić information content (AvgIpc) is 2.30. The molecule has 0 amide bonds. The van der Waals surface area contributed by atoms with Crippen LogP contribution in [0.4, 0.5) is 0 Å². The van der Waals surface area contributed by atoms with E-state index < -0.39 is 0 Å². The van der Waals surface area contributed by atoms with Crippen molar-refractivity contribution in [1.29, 1.82) is 0 Å². The van der Waals surface area contributed by atoms with Crippen molar-refractivity contribution in [3.63, 3.8) is 0 Å². The molecular formula is C13H29N3. The van der Waals surface area contributed by atoms with Crippen molar-refractivity contribution in [3.05, 3.63) is 0 Å². The molecule has 1 N–H and O–H groups in total. The predicted octanol–water partition coefficient (Wildman–Crippen LogP) is 1.40. The lowest BCUT2D eigenvalue weighted by atomic mass is 10.1. The second kappa shape index (κ2) is 8.04. The second-order valence-corrected chi connectivity index (χ2v) is 4.97. The van der Waals surface area contributed by atoms with E-state index in [-0.39, 0.29) is 0 Å². The van der Waals surface area contributed by atoms with Crippen molar-refractivity contribution in [2.75, 3.05) is 46.3 Å². The molecule has 3 nitrogen and oxygen atoms in total. The molecule has 0 aromatic rings. The number of nitrogens with zero attached hydrogens (tertiary/aromatic N) is 2. The maximum Gasteiger partial charge on any atom is 0.0107 e. The maximum absolute atomic E-state index is 3.70. The number of likely N-dealkylation sites (N-methyl/N-ethyl adjacent to an activating group) is 1. The summed E-state index contributed by atoms with van der Waals surface area (Å²) in [6.07, 6.45) is 3.90. The number of nitrogens with one attached hydrogen (secondary N) is 1. The molecule has 3 heteroatoms. The maximum atomic E-state index is 3.70. The molecule has 0 radical (unpaired) electrons. The Morgan fingerprint density at radius 3 is 2.44 bits per heavy atom. The highest BCUT2D eigenvalue weighted by Gasteiger charge is 2.15. The summed E-state index contributed by atoms with van der Waals surface area (Å²) in [4.78, 5) is 4.95. The normalized spacial score (nSPS) is 19.5. The van der Waals surface area contributed by atoms with E-state index in [1.165, 1.54) is 52.0 Å². The van der Waals surface area contributed by atoms with Gasteiger partial charge in [0.05, 0.1) is 0 Å². The van der Waals surface area contributed by atoms with Crippen LogP contribution >= 0.6 is 0 Å². The summed E-state index contributed by atoms with van der Waals surface area (Å²) < 4.78 is 0. The Hall–Kier alpha value is -0.120. The molecular weight excluding hydrogens is 198 g/mol. The Bertz CT molecular complexity index is 165. The summed E-state index contributed by atoms with van der Waals surface area (Å²) >= 11 is 0. The van der Waals surface area contributed by atoms with Crippen molar-refractivity contribution >= 4 is 0 Å². The van der Waals surface area contributed by atoms with E-state index in [0.717, 1.165) is 12.6 Å². The van der Waals surface area contributed by atoms with Crippen LogP contribution < -0.4 is 5.32 Å². The number of hydrogen-bond acceptors (Lipinski definition) is 3. The fraction of sp³-hybridized carbons (Fsp3) is 1.00. The molecule has 1 fully saturated rings. The van der Waals surface area contributed by atoms with E-state index in [0.29, 0.717) is 0 Å². The molecule has 0 spiro atoms. The van der Waals surface area contributed by atoms with Crippen molar-refractivity contribution < 1.29 is 0 Å². The Kier molecular flexibility index (Phi) is 7.01. The van der Waals surface area contributed by atoms with Gasteiger partial charge in [0.1, 0.15) is 0 Å². The summed E-state index contributed by atoms with van der Waals surface area (Å²) in [5.74, 6) is 0. The first-order valence-electron chi connectivity index (χ1n) is 6.90. The Morgan fingerprint density at radius 2 is 1.88 bits per heavy atom. The van der Waals surface area contributed by atoms with Gasteiger partial charge in [-0.25, -0.2) is 0 Å². The smallest absolute Gasteiger partial charge is 0.0107 e. The second-order valence-electron chi connectivity index (χ2n) is 4.97. The van der Waals surface area contributed by atoms with Crippen LogP contribution in [0.25, 0.3) is 0 Å². The van der Waals surface area contributed by atoms with E-state index >= 15 is 0 Å². The molecule has 0 atom stereocenters. The summed E-state index contributed by atoms with van der Waals surface area (Å²) in [5, 5.41) is 3.70. The summed E-state index contributed by atoms with van der Waals surface area (Å²) in [5.41, 5.74) is 0. The van der Waals surface area contributed by atoms with Crippen LogP contribution in [0.3, 0.4) is 0 Å². The Morgan fingerprint density at radius 1 is 1.19 bits per heavy atom. The van der Waals surface area contributed by atoms with E-state index in [2.05, 4.69) is 36.0 Å². The van der Waals surface area contributed by atoms with Crippen molar-refractivity contribution in [1.82, 2.24) is 15.1 Å². The molecule has 1 heterocycles. The zero-order valence-electron chi connectivity index (χ0n) is 11.3. The van der Waals surface area contributed by atoms with Gasteiger partial charge in [-0.05, 0) is 52.5 Å². The van der Waals surface area contributed by atoms with E-state index in [1.54, 1.807) is 0 Å². The average molecular weight is 227 g/mol. The lowest BCUT2D eigenvalue weighted by Crippen LogP contribution is -2.43. The van der Waals surface area contributed by atoms with Crippen LogP contribution in [0.5, 0.6) is 0 Å².